The van der Waals surface area contributed by atoms with Gasteiger partial charge in [0.25, 0.3) is 0 Å². The monoisotopic (exact) mass is 182 g/mol. The van der Waals surface area contributed by atoms with Crippen molar-refractivity contribution < 1.29 is 9.53 Å². The largest absolute Gasteiger partial charge is 0.466 e. The molecule has 0 heterocycles. The van der Waals surface area contributed by atoms with Crippen LogP contribution in [-0.2, 0) is 9.53 Å². The van der Waals surface area contributed by atoms with Crippen molar-refractivity contribution in [3.8, 4) is 0 Å². The predicted octanol–water partition coefficient (Wildman–Crippen LogP) is 1.25. The van der Waals surface area contributed by atoms with Crippen molar-refractivity contribution in [3.63, 3.8) is 0 Å². The van der Waals surface area contributed by atoms with Gasteiger partial charge < -0.3 is 4.74 Å². The average Bonchev–Trinajstić information content (AvgIpc) is 2.02. The summed E-state index contributed by atoms with van der Waals surface area (Å²) in [6, 6.07) is -0.191. The lowest BCUT2D eigenvalue weighted by Gasteiger charge is -2.48. The normalized spacial score (nSPS) is 42.3. The Hall–Kier alpha value is -0.570. The molecule has 73 valence electrons. The highest BCUT2D eigenvalue weighted by molar-refractivity contribution is 5.73. The van der Waals surface area contributed by atoms with E-state index in [0.29, 0.717) is 18.4 Å². The summed E-state index contributed by atoms with van der Waals surface area (Å²) in [5.41, 5.74) is 7.88. The fourth-order valence-corrected chi connectivity index (χ4v) is 2.60. The number of nitrogens with one attached hydrogen (secondary N) is 1. The van der Waals surface area contributed by atoms with Gasteiger partial charge in [-0.25, -0.2) is 0 Å². The van der Waals surface area contributed by atoms with Crippen LogP contribution in [0.15, 0.2) is 0 Å². The van der Waals surface area contributed by atoms with Gasteiger partial charge in [-0.15, -0.1) is 0 Å². The molecule has 3 rings (SSSR count). The summed E-state index contributed by atoms with van der Waals surface area (Å²) in [5.74, 6) is 0.920. The van der Waals surface area contributed by atoms with E-state index in [0.717, 1.165) is 6.42 Å². The van der Waals surface area contributed by atoms with Crippen molar-refractivity contribution >= 4 is 5.97 Å². The minimum atomic E-state index is -0.191. The van der Waals surface area contributed by atoms with Gasteiger partial charge >= 0.3 is 5.97 Å². The first-order valence-electron chi connectivity index (χ1n) is 5.10. The lowest BCUT2D eigenvalue weighted by atomic mass is 9.59. The summed E-state index contributed by atoms with van der Waals surface area (Å²) in [6.07, 6.45) is 3.23. The molecule has 0 aliphatic heterocycles. The summed E-state index contributed by atoms with van der Waals surface area (Å²) in [5, 5.41) is 0. The lowest BCUT2D eigenvalue weighted by molar-refractivity contribution is -0.154. The van der Waals surface area contributed by atoms with Crippen molar-refractivity contribution in [3.05, 3.63) is 0 Å². The molecule has 0 aromatic rings. The summed E-state index contributed by atoms with van der Waals surface area (Å²) >= 11 is 0. The molecule has 3 saturated carbocycles. The molecule has 0 saturated heterocycles. The lowest BCUT2D eigenvalue weighted by Crippen LogP contribution is -2.49. The van der Waals surface area contributed by atoms with Crippen molar-refractivity contribution in [1.29, 1.82) is 0 Å². The number of esters is 1. The second-order valence-electron chi connectivity index (χ2n) is 4.22. The molecule has 3 fully saturated rings. The van der Waals surface area contributed by atoms with Crippen molar-refractivity contribution in [2.45, 2.75) is 32.2 Å². The molecular weight excluding hydrogens is 166 g/mol. The molecule has 0 amide bonds. The predicted molar refractivity (Wildman–Crippen MR) is 47.8 cm³/mol. The highest BCUT2D eigenvalue weighted by Gasteiger charge is 2.47. The highest BCUT2D eigenvalue weighted by Crippen LogP contribution is 2.48. The van der Waals surface area contributed by atoms with E-state index < -0.39 is 0 Å². The summed E-state index contributed by atoms with van der Waals surface area (Å²) in [7, 11) is 0. The molecule has 1 N–H and O–H groups in total. The first-order valence-corrected chi connectivity index (χ1v) is 5.10. The van der Waals surface area contributed by atoms with E-state index in [4.69, 9.17) is 10.5 Å². The molecule has 0 spiro atoms. The van der Waals surface area contributed by atoms with Gasteiger partial charge in [0.1, 0.15) is 0 Å². The van der Waals surface area contributed by atoms with Crippen LogP contribution < -0.4 is 5.73 Å². The van der Waals surface area contributed by atoms with E-state index in [2.05, 4.69) is 0 Å². The minimum absolute atomic E-state index is 0.127. The zero-order chi connectivity index (χ0) is 9.42. The number of rotatable bonds is 2. The molecule has 2 atom stereocenters. The number of hydrogen-bond acceptors (Lipinski definition) is 2. The quantitative estimate of drug-likeness (QED) is 0.603. The van der Waals surface area contributed by atoms with Crippen LogP contribution in [0, 0.1) is 17.8 Å². The Morgan fingerprint density at radius 1 is 1.46 bits per heavy atom. The van der Waals surface area contributed by atoms with E-state index in [1.807, 2.05) is 6.92 Å². The van der Waals surface area contributed by atoms with Gasteiger partial charge in [0.05, 0.1) is 12.5 Å². The summed E-state index contributed by atoms with van der Waals surface area (Å²) in [6.45, 7) is 2.26. The Morgan fingerprint density at radius 2 is 2.15 bits per heavy atom. The van der Waals surface area contributed by atoms with E-state index >= 15 is 0 Å². The number of ether oxygens (including phenoxy) is 1. The van der Waals surface area contributed by atoms with Crippen LogP contribution in [0.1, 0.15) is 26.2 Å². The fraction of sp³-hybridized carbons (Fsp3) is 0.900. The second-order valence-corrected chi connectivity index (χ2v) is 4.22. The van der Waals surface area contributed by atoms with E-state index in [1.165, 1.54) is 12.8 Å². The molecule has 2 unspecified atom stereocenters. The van der Waals surface area contributed by atoms with Gasteiger partial charge in [-0.2, -0.15) is 0 Å². The van der Waals surface area contributed by atoms with E-state index in [1.54, 1.807) is 0 Å². The van der Waals surface area contributed by atoms with Gasteiger partial charge in [0.2, 0.25) is 0 Å². The van der Waals surface area contributed by atoms with E-state index in [9.17, 15) is 4.79 Å². The molecule has 13 heavy (non-hydrogen) atoms. The standard InChI is InChI=1S/C10H16NO2/c1-2-13-10(12)8-5-6-3-7(4-6)9(8)11/h6-9,11H,2-5H2,1H3. The van der Waals surface area contributed by atoms with Gasteiger partial charge in [-0.3, -0.25) is 10.5 Å². The van der Waals surface area contributed by atoms with Crippen LogP contribution in [-0.4, -0.2) is 18.6 Å². The Kier molecular flexibility index (Phi) is 2.28. The van der Waals surface area contributed by atoms with Crippen LogP contribution in [0.3, 0.4) is 0 Å². The van der Waals surface area contributed by atoms with Gasteiger partial charge in [0.15, 0.2) is 0 Å². The van der Waals surface area contributed by atoms with Gasteiger partial charge in [0, 0.05) is 6.04 Å². The first-order chi connectivity index (χ1) is 6.22. The first kappa shape index (κ1) is 9.00. The molecule has 0 aromatic carbocycles. The minimum Gasteiger partial charge on any atom is -0.466 e. The van der Waals surface area contributed by atoms with Crippen LogP contribution in [0.2, 0.25) is 0 Å². The van der Waals surface area contributed by atoms with Crippen LogP contribution in [0.5, 0.6) is 0 Å². The third-order valence-corrected chi connectivity index (χ3v) is 3.39. The molecule has 3 nitrogen and oxygen atoms in total. The number of carbonyl (C=O) groups excluding carboxylic acids is 1. The van der Waals surface area contributed by atoms with Crippen LogP contribution in [0.25, 0.3) is 0 Å². The summed E-state index contributed by atoms with van der Waals surface area (Å²) < 4.78 is 4.96. The molecule has 0 aromatic heterocycles. The number of hydrogen-bond donors (Lipinski definition) is 0. The molecule has 2 bridgehead atoms. The SMILES string of the molecule is CCOC(=O)C1CC2CC(C2)C1[NH]. The van der Waals surface area contributed by atoms with Crippen molar-refractivity contribution in [2.75, 3.05) is 6.61 Å². The second kappa shape index (κ2) is 3.29. The number of fused-ring (bicyclic) bond motifs is 2. The van der Waals surface area contributed by atoms with Crippen LogP contribution in [0.4, 0.5) is 0 Å². The Bertz CT molecular complexity index is 211. The van der Waals surface area contributed by atoms with E-state index in [-0.39, 0.29) is 17.9 Å². The maximum absolute atomic E-state index is 11.4. The third kappa shape index (κ3) is 1.46. The molecule has 1 radical (unpaired) electrons. The average molecular weight is 182 g/mol. The smallest absolute Gasteiger partial charge is 0.310 e. The third-order valence-electron chi connectivity index (χ3n) is 3.39. The number of carbonyl (C=O) groups is 1. The van der Waals surface area contributed by atoms with Crippen molar-refractivity contribution in [1.82, 2.24) is 5.73 Å². The topological polar surface area (TPSA) is 50.1 Å². The maximum atomic E-state index is 11.4. The Balaban J connectivity index is 1.95. The Morgan fingerprint density at radius 3 is 2.69 bits per heavy atom. The maximum Gasteiger partial charge on any atom is 0.310 e. The van der Waals surface area contributed by atoms with Crippen LogP contribution >= 0.6 is 0 Å². The molecule has 3 aliphatic rings. The zero-order valence-corrected chi connectivity index (χ0v) is 7.95. The molecule has 3 heteroatoms. The van der Waals surface area contributed by atoms with Gasteiger partial charge in [-0.05, 0) is 38.0 Å². The van der Waals surface area contributed by atoms with Crippen molar-refractivity contribution in [2.24, 2.45) is 17.8 Å². The van der Waals surface area contributed by atoms with Gasteiger partial charge in [-0.1, -0.05) is 0 Å². The summed E-state index contributed by atoms with van der Waals surface area (Å²) in [4.78, 5) is 11.4. The fourth-order valence-electron chi connectivity index (χ4n) is 2.60. The Labute approximate surface area is 78.6 Å². The zero-order valence-electron chi connectivity index (χ0n) is 7.95. The molecule has 3 aliphatic carbocycles. The molecular formula is C10H16NO2. The highest BCUT2D eigenvalue weighted by atomic mass is 16.5.